The van der Waals surface area contributed by atoms with Crippen molar-refractivity contribution in [2.45, 2.75) is 19.4 Å². The van der Waals surface area contributed by atoms with Gasteiger partial charge in [0.1, 0.15) is 5.75 Å². The minimum Gasteiger partial charge on any atom is -0.494 e. The number of hydrogen-bond donors (Lipinski definition) is 2. The molecule has 0 radical (unpaired) electrons. The molecule has 2 aromatic carbocycles. The van der Waals surface area contributed by atoms with Crippen LogP contribution in [0.4, 0.5) is 5.69 Å². The summed E-state index contributed by atoms with van der Waals surface area (Å²) in [6.07, 6.45) is 1.90. The van der Waals surface area contributed by atoms with Gasteiger partial charge in [0.05, 0.1) is 19.8 Å². The molecule has 2 aromatic rings. The van der Waals surface area contributed by atoms with Gasteiger partial charge in [-0.25, -0.2) is 0 Å². The Balaban J connectivity index is 1.48. The molecule has 0 saturated carbocycles. The lowest BCUT2D eigenvalue weighted by atomic mass is 10.2. The lowest BCUT2D eigenvalue weighted by molar-refractivity contribution is 0.281. The van der Waals surface area contributed by atoms with Crippen LogP contribution in [0.3, 0.4) is 0 Å². The molecule has 0 atom stereocenters. The summed E-state index contributed by atoms with van der Waals surface area (Å²) in [7, 11) is 5.89. The van der Waals surface area contributed by atoms with E-state index >= 15 is 0 Å². The summed E-state index contributed by atoms with van der Waals surface area (Å²) in [6.45, 7) is 3.76. The molecule has 7 nitrogen and oxygen atoms in total. The van der Waals surface area contributed by atoms with Gasteiger partial charge in [0.2, 0.25) is 0 Å². The highest BCUT2D eigenvalue weighted by Gasteiger charge is 2.11. The van der Waals surface area contributed by atoms with Crippen LogP contribution in [0.25, 0.3) is 0 Å². The van der Waals surface area contributed by atoms with Crippen LogP contribution in [-0.4, -0.2) is 58.4 Å². The molecule has 1 aliphatic heterocycles. The molecule has 0 aromatic heterocycles. The highest BCUT2D eigenvalue weighted by molar-refractivity contribution is 5.93. The highest BCUT2D eigenvalue weighted by atomic mass is 16.5. The monoisotopic (exact) mass is 412 g/mol. The van der Waals surface area contributed by atoms with Gasteiger partial charge >= 0.3 is 0 Å². The van der Waals surface area contributed by atoms with Crippen molar-refractivity contribution < 1.29 is 14.2 Å². The third kappa shape index (κ3) is 6.84. The van der Waals surface area contributed by atoms with E-state index in [1.54, 1.807) is 7.05 Å². The molecule has 0 unspecified atom stereocenters. The summed E-state index contributed by atoms with van der Waals surface area (Å²) in [4.78, 5) is 6.46. The average Bonchev–Trinajstić information content (AvgIpc) is 3.00. The van der Waals surface area contributed by atoms with Gasteiger partial charge in [0.15, 0.2) is 17.5 Å². The zero-order valence-electron chi connectivity index (χ0n) is 18.1. The summed E-state index contributed by atoms with van der Waals surface area (Å²) in [5.41, 5.74) is 2.05. The van der Waals surface area contributed by atoms with E-state index < -0.39 is 0 Å². The number of aliphatic imine (C=N–C) groups is 1. The second kappa shape index (κ2) is 11.3. The Bertz CT molecular complexity index is 822. The number of guanidine groups is 1. The van der Waals surface area contributed by atoms with Gasteiger partial charge in [-0.05, 0) is 50.3 Å². The number of nitrogens with zero attached hydrogens (tertiary/aromatic N) is 2. The number of anilines is 1. The molecule has 0 amide bonds. The Labute approximate surface area is 179 Å². The Kier molecular flexibility index (Phi) is 8.20. The van der Waals surface area contributed by atoms with E-state index in [0.29, 0.717) is 25.7 Å². The highest BCUT2D eigenvalue weighted by Crippen LogP contribution is 2.32. The van der Waals surface area contributed by atoms with Crippen molar-refractivity contribution in [1.29, 1.82) is 0 Å². The van der Waals surface area contributed by atoms with Gasteiger partial charge in [-0.15, -0.1) is 0 Å². The van der Waals surface area contributed by atoms with E-state index in [4.69, 9.17) is 14.2 Å². The van der Waals surface area contributed by atoms with Crippen LogP contribution < -0.4 is 24.8 Å². The molecule has 0 saturated heterocycles. The van der Waals surface area contributed by atoms with Crippen LogP contribution in [0, 0.1) is 0 Å². The van der Waals surface area contributed by atoms with Crippen molar-refractivity contribution in [3.8, 4) is 17.2 Å². The molecular formula is C23H32N4O3. The van der Waals surface area contributed by atoms with E-state index in [2.05, 4.69) is 46.8 Å². The molecule has 2 N–H and O–H groups in total. The van der Waals surface area contributed by atoms with Crippen molar-refractivity contribution in [3.63, 3.8) is 0 Å². The van der Waals surface area contributed by atoms with E-state index in [1.807, 2.05) is 30.3 Å². The lowest BCUT2D eigenvalue weighted by Crippen LogP contribution is -2.30. The first-order valence-electron chi connectivity index (χ1n) is 10.4. The van der Waals surface area contributed by atoms with Gasteiger partial charge in [-0.2, -0.15) is 0 Å². The minimum atomic E-state index is 0.658. The second-order valence-electron chi connectivity index (χ2n) is 7.41. The molecule has 1 aliphatic rings. The topological polar surface area (TPSA) is 67.4 Å². The smallest absolute Gasteiger partial charge is 0.195 e. The maximum Gasteiger partial charge on any atom is 0.195 e. The molecule has 0 fully saturated rings. The molecule has 3 rings (SSSR count). The van der Waals surface area contributed by atoms with Crippen molar-refractivity contribution in [3.05, 3.63) is 48.0 Å². The van der Waals surface area contributed by atoms with Gasteiger partial charge in [0.25, 0.3) is 0 Å². The largest absolute Gasteiger partial charge is 0.494 e. The number of benzene rings is 2. The van der Waals surface area contributed by atoms with Crippen LogP contribution in [0.5, 0.6) is 17.2 Å². The summed E-state index contributed by atoms with van der Waals surface area (Å²) in [5.74, 6) is 3.12. The Morgan fingerprint density at radius 1 is 1.07 bits per heavy atom. The molecule has 0 aliphatic carbocycles. The minimum absolute atomic E-state index is 0.658. The van der Waals surface area contributed by atoms with Crippen LogP contribution in [0.15, 0.2) is 47.5 Å². The summed E-state index contributed by atoms with van der Waals surface area (Å²) >= 11 is 0. The van der Waals surface area contributed by atoms with Crippen LogP contribution in [0.1, 0.15) is 18.4 Å². The van der Waals surface area contributed by atoms with Crippen LogP contribution >= 0.6 is 0 Å². The normalized spacial score (nSPS) is 13.7. The van der Waals surface area contributed by atoms with Crippen molar-refractivity contribution in [2.75, 3.05) is 52.8 Å². The van der Waals surface area contributed by atoms with Gasteiger partial charge in [-0.1, -0.05) is 12.1 Å². The average molecular weight is 413 g/mol. The van der Waals surface area contributed by atoms with E-state index in [-0.39, 0.29) is 0 Å². The van der Waals surface area contributed by atoms with E-state index in [1.165, 1.54) is 0 Å². The quantitative estimate of drug-likeness (QED) is 0.394. The number of fused-ring (bicyclic) bond motifs is 1. The summed E-state index contributed by atoms with van der Waals surface area (Å²) < 4.78 is 17.2. The summed E-state index contributed by atoms with van der Waals surface area (Å²) in [6, 6.07) is 14.0. The lowest BCUT2D eigenvalue weighted by Gasteiger charge is -2.14. The van der Waals surface area contributed by atoms with Gasteiger partial charge in [-0.3, -0.25) is 4.99 Å². The van der Waals surface area contributed by atoms with Crippen molar-refractivity contribution >= 4 is 11.6 Å². The molecule has 162 valence electrons. The van der Waals surface area contributed by atoms with E-state index in [9.17, 15) is 0 Å². The fraction of sp³-hybridized carbons (Fsp3) is 0.435. The third-order valence-corrected chi connectivity index (χ3v) is 4.64. The molecular weight excluding hydrogens is 380 g/mol. The van der Waals surface area contributed by atoms with Crippen molar-refractivity contribution in [2.24, 2.45) is 4.99 Å². The standard InChI is InChI=1S/C23H32N4O3/c1-24-23(26-19-8-11-21-22(16-19)30-15-5-14-29-21)25-17-18-6-9-20(10-7-18)28-13-4-12-27(2)3/h6-11,16H,4-5,12-15,17H2,1-3H3,(H2,24,25,26). The molecule has 0 spiro atoms. The molecule has 1 heterocycles. The Morgan fingerprint density at radius 3 is 2.57 bits per heavy atom. The first-order valence-corrected chi connectivity index (χ1v) is 10.4. The predicted molar refractivity (Wildman–Crippen MR) is 121 cm³/mol. The maximum absolute atomic E-state index is 5.79. The number of rotatable bonds is 8. The first kappa shape index (κ1) is 21.8. The zero-order chi connectivity index (χ0) is 21.2. The van der Waals surface area contributed by atoms with Crippen molar-refractivity contribution in [1.82, 2.24) is 10.2 Å². The predicted octanol–water partition coefficient (Wildman–Crippen LogP) is 3.37. The van der Waals surface area contributed by atoms with Crippen LogP contribution in [0.2, 0.25) is 0 Å². The molecule has 30 heavy (non-hydrogen) atoms. The molecule has 0 bridgehead atoms. The Hall–Kier alpha value is -2.93. The fourth-order valence-electron chi connectivity index (χ4n) is 3.02. The third-order valence-electron chi connectivity index (χ3n) is 4.64. The number of ether oxygens (including phenoxy) is 3. The maximum atomic E-state index is 5.79. The number of nitrogens with one attached hydrogen (secondary N) is 2. The van der Waals surface area contributed by atoms with Crippen LogP contribution in [-0.2, 0) is 6.54 Å². The Morgan fingerprint density at radius 2 is 1.83 bits per heavy atom. The zero-order valence-corrected chi connectivity index (χ0v) is 18.1. The summed E-state index contributed by atoms with van der Waals surface area (Å²) in [5, 5.41) is 6.63. The second-order valence-corrected chi connectivity index (χ2v) is 7.41. The van der Waals surface area contributed by atoms with E-state index in [0.717, 1.165) is 54.5 Å². The fourth-order valence-corrected chi connectivity index (χ4v) is 3.02. The van der Waals surface area contributed by atoms with Gasteiger partial charge in [0, 0.05) is 38.3 Å². The molecule has 7 heteroatoms. The SMILES string of the molecule is CN=C(NCc1ccc(OCCCN(C)C)cc1)Nc1ccc2c(c1)OCCCO2. The first-order chi connectivity index (χ1) is 14.6. The number of hydrogen-bond acceptors (Lipinski definition) is 5. The van der Waals surface area contributed by atoms with Gasteiger partial charge < -0.3 is 29.7 Å².